The zero-order valence-electron chi connectivity index (χ0n) is 15.9. The van der Waals surface area contributed by atoms with E-state index in [4.69, 9.17) is 4.42 Å². The maximum atomic E-state index is 12.8. The second kappa shape index (κ2) is 7.93. The van der Waals surface area contributed by atoms with Gasteiger partial charge in [-0.2, -0.15) is 4.98 Å². The highest BCUT2D eigenvalue weighted by Gasteiger charge is 2.22. The average Bonchev–Trinajstić information content (AvgIpc) is 3.11. The van der Waals surface area contributed by atoms with Gasteiger partial charge in [-0.15, -0.1) is 0 Å². The van der Waals surface area contributed by atoms with Gasteiger partial charge in [0.05, 0.1) is 4.90 Å². The van der Waals surface area contributed by atoms with Gasteiger partial charge in [0.25, 0.3) is 10.0 Å². The normalized spacial score (nSPS) is 11.3. The van der Waals surface area contributed by atoms with E-state index in [0.29, 0.717) is 18.1 Å². The molecule has 0 fully saturated rings. The molecule has 0 unspecified atom stereocenters. The van der Waals surface area contributed by atoms with Crippen molar-refractivity contribution in [3.05, 3.63) is 102 Å². The average molecular weight is 404 g/mol. The van der Waals surface area contributed by atoms with Crippen LogP contribution in [0.25, 0.3) is 11.3 Å². The highest BCUT2D eigenvalue weighted by Crippen LogP contribution is 2.32. The molecule has 0 saturated carbocycles. The monoisotopic (exact) mass is 404 g/mol. The fraction of sp³-hybridized carbons (Fsp3) is 0.0870. The Kier molecular flexibility index (Phi) is 5.18. The lowest BCUT2D eigenvalue weighted by molar-refractivity contribution is 0.519. The molecule has 1 heterocycles. The Morgan fingerprint density at radius 3 is 2.28 bits per heavy atom. The van der Waals surface area contributed by atoms with Crippen LogP contribution in [-0.2, 0) is 16.4 Å². The Morgan fingerprint density at radius 1 is 0.897 bits per heavy atom. The minimum Gasteiger partial charge on any atom is -0.438 e. The van der Waals surface area contributed by atoms with Gasteiger partial charge in [0.15, 0.2) is 11.6 Å². The maximum Gasteiger partial charge on any atom is 0.263 e. The summed E-state index contributed by atoms with van der Waals surface area (Å²) in [6.07, 6.45) is 0.465. The molecule has 5 nitrogen and oxygen atoms in total. The molecule has 1 aromatic heterocycles. The van der Waals surface area contributed by atoms with Crippen molar-refractivity contribution >= 4 is 15.8 Å². The van der Waals surface area contributed by atoms with E-state index in [0.717, 1.165) is 16.7 Å². The summed E-state index contributed by atoms with van der Waals surface area (Å²) in [5.74, 6) is 1.03. The third kappa shape index (κ3) is 4.38. The Labute approximate surface area is 170 Å². The SMILES string of the molecule is Cc1cccc(-c2oc(Cc3ccccc3)nc2NS(=O)(=O)c2ccccc2)c1. The predicted molar refractivity (Wildman–Crippen MR) is 113 cm³/mol. The first-order valence-corrected chi connectivity index (χ1v) is 10.7. The molecule has 0 aliphatic heterocycles. The van der Waals surface area contributed by atoms with Crippen LogP contribution >= 0.6 is 0 Å². The van der Waals surface area contributed by atoms with Crippen molar-refractivity contribution in [1.29, 1.82) is 0 Å². The molecule has 0 aliphatic carbocycles. The number of sulfonamides is 1. The summed E-state index contributed by atoms with van der Waals surface area (Å²) in [6.45, 7) is 1.97. The van der Waals surface area contributed by atoms with Gasteiger partial charge in [-0.05, 0) is 30.7 Å². The third-order valence-corrected chi connectivity index (χ3v) is 5.79. The van der Waals surface area contributed by atoms with Crippen molar-refractivity contribution in [2.75, 3.05) is 4.72 Å². The summed E-state index contributed by atoms with van der Waals surface area (Å²) in [5, 5.41) is 0. The lowest BCUT2D eigenvalue weighted by atomic mass is 10.1. The van der Waals surface area contributed by atoms with Crippen LogP contribution in [-0.4, -0.2) is 13.4 Å². The van der Waals surface area contributed by atoms with Crippen LogP contribution in [0.3, 0.4) is 0 Å². The maximum absolute atomic E-state index is 12.8. The van der Waals surface area contributed by atoms with Crippen LogP contribution in [0.2, 0.25) is 0 Å². The minimum atomic E-state index is -3.79. The fourth-order valence-electron chi connectivity index (χ4n) is 3.05. The van der Waals surface area contributed by atoms with E-state index >= 15 is 0 Å². The van der Waals surface area contributed by atoms with Gasteiger partial charge in [-0.25, -0.2) is 8.42 Å². The number of hydrogen-bond acceptors (Lipinski definition) is 4. The van der Waals surface area contributed by atoms with E-state index in [1.165, 1.54) is 0 Å². The van der Waals surface area contributed by atoms with Gasteiger partial charge in [0.2, 0.25) is 5.89 Å². The van der Waals surface area contributed by atoms with E-state index in [1.54, 1.807) is 30.3 Å². The number of aryl methyl sites for hydroxylation is 1. The van der Waals surface area contributed by atoms with E-state index in [9.17, 15) is 8.42 Å². The first-order valence-electron chi connectivity index (χ1n) is 9.20. The van der Waals surface area contributed by atoms with Crippen LogP contribution < -0.4 is 4.72 Å². The van der Waals surface area contributed by atoms with Crippen LogP contribution in [0.5, 0.6) is 0 Å². The third-order valence-electron chi connectivity index (χ3n) is 4.43. The summed E-state index contributed by atoms with van der Waals surface area (Å²) in [4.78, 5) is 4.63. The van der Waals surface area contributed by atoms with Crippen molar-refractivity contribution in [1.82, 2.24) is 4.98 Å². The van der Waals surface area contributed by atoms with Gasteiger partial charge >= 0.3 is 0 Å². The number of nitrogens with zero attached hydrogens (tertiary/aromatic N) is 1. The second-order valence-corrected chi connectivity index (χ2v) is 8.42. The number of nitrogens with one attached hydrogen (secondary N) is 1. The van der Waals surface area contributed by atoms with Crippen molar-refractivity contribution in [3.8, 4) is 11.3 Å². The molecular formula is C23H20N2O3S. The Morgan fingerprint density at radius 2 is 1.59 bits per heavy atom. The standard InChI is InChI=1S/C23H20N2O3S/c1-17-9-8-12-19(15-17)22-23(25-29(26,27)20-13-6-3-7-14-20)24-21(28-22)16-18-10-4-2-5-11-18/h2-15,25H,16H2,1H3. The Hall–Kier alpha value is -3.38. The lowest BCUT2D eigenvalue weighted by Gasteiger charge is -2.07. The van der Waals surface area contributed by atoms with Gasteiger partial charge in [-0.1, -0.05) is 72.3 Å². The zero-order chi connectivity index (χ0) is 20.3. The molecule has 0 amide bonds. The van der Waals surface area contributed by atoms with Crippen molar-refractivity contribution in [3.63, 3.8) is 0 Å². The number of aromatic nitrogens is 1. The first-order chi connectivity index (χ1) is 14.0. The molecule has 0 bridgehead atoms. The van der Waals surface area contributed by atoms with Crippen LogP contribution in [0.1, 0.15) is 17.0 Å². The van der Waals surface area contributed by atoms with Crippen LogP contribution in [0.4, 0.5) is 5.82 Å². The molecule has 0 saturated heterocycles. The number of hydrogen-bond donors (Lipinski definition) is 1. The highest BCUT2D eigenvalue weighted by atomic mass is 32.2. The molecule has 0 radical (unpaired) electrons. The Bertz CT molecular complexity index is 1220. The molecule has 4 rings (SSSR count). The van der Waals surface area contributed by atoms with Crippen molar-refractivity contribution in [2.45, 2.75) is 18.2 Å². The van der Waals surface area contributed by atoms with Crippen LogP contribution in [0.15, 0.2) is 94.2 Å². The highest BCUT2D eigenvalue weighted by molar-refractivity contribution is 7.92. The van der Waals surface area contributed by atoms with E-state index in [1.807, 2.05) is 61.5 Å². The molecule has 0 atom stereocenters. The lowest BCUT2D eigenvalue weighted by Crippen LogP contribution is -2.13. The fourth-order valence-corrected chi connectivity index (χ4v) is 4.07. The van der Waals surface area contributed by atoms with Crippen LogP contribution in [0, 0.1) is 6.92 Å². The first kappa shape index (κ1) is 19.0. The molecule has 0 spiro atoms. The molecule has 0 aliphatic rings. The van der Waals surface area contributed by atoms with E-state index in [-0.39, 0.29) is 10.7 Å². The topological polar surface area (TPSA) is 72.2 Å². The summed E-state index contributed by atoms with van der Waals surface area (Å²) in [6, 6.07) is 25.7. The summed E-state index contributed by atoms with van der Waals surface area (Å²) in [7, 11) is -3.79. The molecule has 1 N–H and O–H groups in total. The largest absolute Gasteiger partial charge is 0.438 e. The van der Waals surface area contributed by atoms with Gasteiger partial charge in [0.1, 0.15) is 0 Å². The molecular weight excluding hydrogens is 384 g/mol. The number of rotatable bonds is 6. The molecule has 29 heavy (non-hydrogen) atoms. The summed E-state index contributed by atoms with van der Waals surface area (Å²) < 4.78 is 34.3. The number of oxazole rings is 1. The molecule has 3 aromatic carbocycles. The smallest absolute Gasteiger partial charge is 0.263 e. The zero-order valence-corrected chi connectivity index (χ0v) is 16.7. The Balaban J connectivity index is 1.75. The van der Waals surface area contributed by atoms with Gasteiger partial charge in [0, 0.05) is 12.0 Å². The summed E-state index contributed by atoms with van der Waals surface area (Å²) in [5.41, 5.74) is 2.84. The van der Waals surface area contributed by atoms with Crippen molar-refractivity contribution in [2.24, 2.45) is 0 Å². The molecule has 6 heteroatoms. The number of anilines is 1. The van der Waals surface area contributed by atoms with Gasteiger partial charge in [-0.3, -0.25) is 4.72 Å². The second-order valence-electron chi connectivity index (χ2n) is 6.74. The number of benzene rings is 3. The van der Waals surface area contributed by atoms with E-state index < -0.39 is 10.0 Å². The van der Waals surface area contributed by atoms with Crippen molar-refractivity contribution < 1.29 is 12.8 Å². The van der Waals surface area contributed by atoms with Gasteiger partial charge < -0.3 is 4.42 Å². The quantitative estimate of drug-likeness (QED) is 0.489. The predicted octanol–water partition coefficient (Wildman–Crippen LogP) is 5.04. The summed E-state index contributed by atoms with van der Waals surface area (Å²) >= 11 is 0. The molecule has 146 valence electrons. The minimum absolute atomic E-state index is 0.169. The van der Waals surface area contributed by atoms with E-state index in [2.05, 4.69) is 9.71 Å². The molecule has 4 aromatic rings.